The number of benzene rings is 2. The van der Waals surface area contributed by atoms with E-state index in [1.165, 1.54) is 0 Å². The van der Waals surface area contributed by atoms with Gasteiger partial charge in [0.15, 0.2) is 11.7 Å². The lowest BCUT2D eigenvalue weighted by Crippen LogP contribution is -2.31. The number of rotatable bonds is 9. The molecule has 3 atom stereocenters. The number of carbonyl (C=O) groups is 1. The number of nitrogens with one attached hydrogen (secondary N) is 2. The van der Waals surface area contributed by atoms with Gasteiger partial charge in [-0.15, -0.1) is 0 Å². The summed E-state index contributed by atoms with van der Waals surface area (Å²) in [7, 11) is 0. The van der Waals surface area contributed by atoms with Gasteiger partial charge in [0.25, 0.3) is 5.91 Å². The molecule has 2 aromatic heterocycles. The Labute approximate surface area is 238 Å². The van der Waals surface area contributed by atoms with E-state index in [4.69, 9.17) is 21.7 Å². The van der Waals surface area contributed by atoms with E-state index in [-0.39, 0.29) is 30.7 Å². The van der Waals surface area contributed by atoms with Gasteiger partial charge in [0, 0.05) is 42.6 Å². The van der Waals surface area contributed by atoms with Gasteiger partial charge in [0.05, 0.1) is 17.8 Å². The Kier molecular flexibility index (Phi) is 7.74. The van der Waals surface area contributed by atoms with Crippen LogP contribution in [0.5, 0.6) is 5.75 Å². The maximum absolute atomic E-state index is 12.5. The fraction of sp³-hybridized carbons (Fsp3) is 0.258. The summed E-state index contributed by atoms with van der Waals surface area (Å²) in [6.45, 7) is 1.55. The summed E-state index contributed by atoms with van der Waals surface area (Å²) in [6, 6.07) is 26.9. The van der Waals surface area contributed by atoms with Crippen molar-refractivity contribution in [3.63, 3.8) is 0 Å². The lowest BCUT2D eigenvalue weighted by molar-refractivity contribution is -0.118. The smallest absolute Gasteiger partial charge is 0.262 e. The largest absolute Gasteiger partial charge is 0.484 e. The summed E-state index contributed by atoms with van der Waals surface area (Å²) in [4.78, 5) is 19.3. The van der Waals surface area contributed by atoms with Crippen LogP contribution in [0.25, 0.3) is 0 Å². The molecule has 0 spiro atoms. The number of amides is 1. The van der Waals surface area contributed by atoms with Gasteiger partial charge in [0.2, 0.25) is 0 Å². The van der Waals surface area contributed by atoms with Gasteiger partial charge in [-0.25, -0.2) is 0 Å². The number of ether oxygens (including phenoxy) is 2. The summed E-state index contributed by atoms with van der Waals surface area (Å²) >= 11 is 5.89. The van der Waals surface area contributed by atoms with E-state index in [2.05, 4.69) is 43.4 Å². The number of anilines is 2. The van der Waals surface area contributed by atoms with Crippen LogP contribution in [-0.4, -0.2) is 39.9 Å². The number of aromatic nitrogens is 2. The Balaban J connectivity index is 1.23. The van der Waals surface area contributed by atoms with E-state index in [1.54, 1.807) is 0 Å². The molecular formula is C31H31N5O3S. The van der Waals surface area contributed by atoms with E-state index in [0.29, 0.717) is 16.5 Å². The van der Waals surface area contributed by atoms with Crippen LogP contribution in [0.4, 0.5) is 11.4 Å². The first-order valence-corrected chi connectivity index (χ1v) is 13.9. The third-order valence-electron chi connectivity index (χ3n) is 7.23. The van der Waals surface area contributed by atoms with Gasteiger partial charge in [-0.1, -0.05) is 24.3 Å². The van der Waals surface area contributed by atoms with Crippen molar-refractivity contribution in [1.29, 1.82) is 0 Å². The Morgan fingerprint density at radius 2 is 1.88 bits per heavy atom. The van der Waals surface area contributed by atoms with Gasteiger partial charge in [-0.2, -0.15) is 0 Å². The lowest BCUT2D eigenvalue weighted by Gasteiger charge is -2.29. The number of thiocarbonyl (C=S) groups is 1. The van der Waals surface area contributed by atoms with Crippen LogP contribution in [0.15, 0.2) is 97.3 Å². The molecule has 2 saturated heterocycles. The summed E-state index contributed by atoms with van der Waals surface area (Å²) in [5.74, 6) is 0.427. The van der Waals surface area contributed by atoms with Crippen molar-refractivity contribution < 1.29 is 14.3 Å². The van der Waals surface area contributed by atoms with Crippen LogP contribution in [-0.2, 0) is 16.1 Å². The number of pyridine rings is 1. The molecule has 4 heterocycles. The molecule has 40 heavy (non-hydrogen) atoms. The Bertz CT molecular complexity index is 1440. The summed E-state index contributed by atoms with van der Waals surface area (Å²) in [5.41, 5.74) is 3.66. The number of hydrogen-bond donors (Lipinski definition) is 2. The zero-order valence-electron chi connectivity index (χ0n) is 22.0. The van der Waals surface area contributed by atoms with Gasteiger partial charge < -0.3 is 29.6 Å². The molecule has 2 aliphatic rings. The molecule has 4 aromatic rings. The highest BCUT2D eigenvalue weighted by Crippen LogP contribution is 2.42. The summed E-state index contributed by atoms with van der Waals surface area (Å²) in [6.07, 6.45) is 6.30. The van der Waals surface area contributed by atoms with Crippen molar-refractivity contribution in [3.8, 4) is 5.75 Å². The number of carbonyl (C=O) groups excluding carboxylic acids is 1. The second kappa shape index (κ2) is 11.9. The van der Waals surface area contributed by atoms with E-state index in [9.17, 15) is 4.79 Å². The monoisotopic (exact) mass is 553 g/mol. The van der Waals surface area contributed by atoms with Gasteiger partial charge in [-0.05, 0) is 85.7 Å². The second-order valence-corrected chi connectivity index (χ2v) is 10.3. The Hall–Kier alpha value is -4.21. The van der Waals surface area contributed by atoms with E-state index < -0.39 is 0 Å². The molecule has 2 N–H and O–H groups in total. The molecule has 0 radical (unpaired) electrons. The molecule has 0 aliphatic carbocycles. The highest BCUT2D eigenvalue weighted by molar-refractivity contribution is 7.80. The molecule has 2 aliphatic heterocycles. The predicted octanol–water partition coefficient (Wildman–Crippen LogP) is 5.26. The lowest BCUT2D eigenvalue weighted by atomic mass is 10.0. The zero-order chi connectivity index (χ0) is 27.3. The molecule has 204 valence electrons. The van der Waals surface area contributed by atoms with Crippen molar-refractivity contribution in [1.82, 2.24) is 14.9 Å². The molecule has 9 heteroatoms. The molecule has 0 bridgehead atoms. The third-order valence-corrected chi connectivity index (χ3v) is 7.55. The number of nitrogens with zero attached hydrogens (tertiary/aromatic N) is 3. The van der Waals surface area contributed by atoms with Crippen LogP contribution in [0.2, 0.25) is 0 Å². The van der Waals surface area contributed by atoms with Crippen LogP contribution in [0.3, 0.4) is 0 Å². The second-order valence-electron chi connectivity index (χ2n) is 9.91. The topological polar surface area (TPSA) is 80.7 Å². The zero-order valence-corrected chi connectivity index (χ0v) is 22.8. The Morgan fingerprint density at radius 3 is 2.62 bits per heavy atom. The molecule has 6 rings (SSSR count). The fourth-order valence-electron chi connectivity index (χ4n) is 5.37. The normalized spacial score (nSPS) is 20.4. The first-order valence-electron chi connectivity index (χ1n) is 13.5. The van der Waals surface area contributed by atoms with E-state index in [0.717, 1.165) is 43.1 Å². The third kappa shape index (κ3) is 5.71. The summed E-state index contributed by atoms with van der Waals surface area (Å²) < 4.78 is 13.8. The van der Waals surface area contributed by atoms with Crippen molar-refractivity contribution in [2.75, 3.05) is 23.4 Å². The van der Waals surface area contributed by atoms with Crippen LogP contribution >= 0.6 is 12.2 Å². The SMILES string of the molecule is O=C(COc1ccccc1)Nc1ccc(N2C(=S)NC(c3ccccn3)C2c2cccn2CC2CCCO2)cc1. The van der Waals surface area contributed by atoms with Crippen molar-refractivity contribution >= 4 is 34.6 Å². The molecule has 2 fully saturated rings. The first kappa shape index (κ1) is 26.0. The molecule has 1 amide bonds. The van der Waals surface area contributed by atoms with Crippen LogP contribution in [0.1, 0.15) is 36.3 Å². The average molecular weight is 554 g/mol. The molecule has 3 unspecified atom stereocenters. The standard InChI is InChI=1S/C31H31N5O3S/c37-28(21-39-24-8-2-1-3-9-24)33-22-13-15-23(16-14-22)36-30(29(34-31(36)40)26-11-4-5-17-32-26)27-12-6-18-35(27)20-25-10-7-19-38-25/h1-6,8-9,11-18,25,29-30H,7,10,19-21H2,(H,33,37)(H,34,40). The van der Waals surface area contributed by atoms with Gasteiger partial charge in [-0.3, -0.25) is 9.78 Å². The van der Waals surface area contributed by atoms with Crippen molar-refractivity contribution in [2.45, 2.75) is 37.6 Å². The first-order chi connectivity index (χ1) is 19.7. The van der Waals surface area contributed by atoms with E-state index in [1.807, 2.05) is 79.0 Å². The van der Waals surface area contributed by atoms with Crippen molar-refractivity contribution in [3.05, 3.63) is 109 Å². The van der Waals surface area contributed by atoms with Gasteiger partial charge in [0.1, 0.15) is 11.8 Å². The average Bonchev–Trinajstić information content (AvgIpc) is 3.74. The highest BCUT2D eigenvalue weighted by atomic mass is 32.1. The highest BCUT2D eigenvalue weighted by Gasteiger charge is 2.42. The minimum Gasteiger partial charge on any atom is -0.484 e. The number of para-hydroxylation sites is 1. The molecule has 0 saturated carbocycles. The Morgan fingerprint density at radius 1 is 1.05 bits per heavy atom. The molecule has 2 aromatic carbocycles. The quantitative estimate of drug-likeness (QED) is 0.274. The minimum absolute atomic E-state index is 0.0680. The maximum Gasteiger partial charge on any atom is 0.262 e. The maximum atomic E-state index is 12.5. The van der Waals surface area contributed by atoms with E-state index >= 15 is 0 Å². The van der Waals surface area contributed by atoms with Crippen molar-refractivity contribution in [2.24, 2.45) is 0 Å². The van der Waals surface area contributed by atoms with Crippen LogP contribution < -0.4 is 20.3 Å². The molecular weight excluding hydrogens is 522 g/mol. The van der Waals surface area contributed by atoms with Crippen LogP contribution in [0, 0.1) is 0 Å². The minimum atomic E-state index is -0.227. The summed E-state index contributed by atoms with van der Waals surface area (Å²) in [5, 5.41) is 7.05. The van der Waals surface area contributed by atoms with Gasteiger partial charge >= 0.3 is 0 Å². The number of hydrogen-bond acceptors (Lipinski definition) is 5. The molecule has 8 nitrogen and oxygen atoms in total. The fourth-order valence-corrected chi connectivity index (χ4v) is 5.72. The predicted molar refractivity (Wildman–Crippen MR) is 158 cm³/mol.